The third-order valence-corrected chi connectivity index (χ3v) is 4.34. The van der Waals surface area contributed by atoms with Crippen molar-refractivity contribution in [1.29, 1.82) is 0 Å². The zero-order valence-corrected chi connectivity index (χ0v) is 14.8. The van der Waals surface area contributed by atoms with Gasteiger partial charge < -0.3 is 18.6 Å². The van der Waals surface area contributed by atoms with Gasteiger partial charge in [-0.05, 0) is 26.0 Å². The third-order valence-electron chi connectivity index (χ3n) is 3.04. The number of methoxy groups -OCH3 is 1. The van der Waals surface area contributed by atoms with Crippen molar-refractivity contribution in [2.75, 3.05) is 26.1 Å². The molecule has 0 aliphatic heterocycles. The fourth-order valence-corrected chi connectivity index (χ4v) is 3.23. The van der Waals surface area contributed by atoms with Crippen molar-refractivity contribution in [3.63, 3.8) is 0 Å². The fourth-order valence-electron chi connectivity index (χ4n) is 1.97. The molecule has 0 aliphatic rings. The van der Waals surface area contributed by atoms with Crippen molar-refractivity contribution >= 4 is 29.7 Å². The largest absolute Gasteiger partial charge is 0.469 e. The van der Waals surface area contributed by atoms with Crippen LogP contribution in [0.1, 0.15) is 31.3 Å². The van der Waals surface area contributed by atoms with Gasteiger partial charge in [0.2, 0.25) is 0 Å². The molecule has 1 aromatic heterocycles. The van der Waals surface area contributed by atoms with Crippen molar-refractivity contribution in [2.24, 2.45) is 5.92 Å². The average Bonchev–Trinajstić information content (AvgIpc) is 3.08. The Hall–Kier alpha value is -1.96. The fraction of sp³-hybridized carbons (Fsp3) is 0.562. The second-order valence-corrected chi connectivity index (χ2v) is 5.86. The van der Waals surface area contributed by atoms with E-state index >= 15 is 0 Å². The highest BCUT2D eigenvalue weighted by Crippen LogP contribution is 2.38. The number of hydrogen-bond donors (Lipinski definition) is 0. The standard InChI is InChI=1S/C16H22O7S/c1-4-21-15(18)13(16(19)22-5-2)14(11-7-6-9-23-11)24-10-8-12(17)20-3/h6-7,9,13-14H,4-5,8,10H2,1-3H3. The minimum atomic E-state index is -1.17. The summed E-state index contributed by atoms with van der Waals surface area (Å²) in [4.78, 5) is 35.8. The van der Waals surface area contributed by atoms with Gasteiger partial charge in [-0.25, -0.2) is 0 Å². The van der Waals surface area contributed by atoms with Gasteiger partial charge in [0.05, 0.1) is 38.3 Å². The normalized spacial score (nSPS) is 11.8. The molecule has 0 N–H and O–H groups in total. The Labute approximate surface area is 145 Å². The van der Waals surface area contributed by atoms with Crippen LogP contribution in [0.4, 0.5) is 0 Å². The van der Waals surface area contributed by atoms with E-state index < -0.39 is 23.1 Å². The van der Waals surface area contributed by atoms with Gasteiger partial charge in [-0.2, -0.15) is 0 Å². The lowest BCUT2D eigenvalue weighted by Crippen LogP contribution is -2.32. The van der Waals surface area contributed by atoms with Crippen molar-refractivity contribution < 1.29 is 33.0 Å². The molecule has 1 unspecified atom stereocenters. The lowest BCUT2D eigenvalue weighted by atomic mass is 10.0. The molecule has 0 aliphatic carbocycles. The number of thioether (sulfide) groups is 1. The topological polar surface area (TPSA) is 92.0 Å². The number of carbonyl (C=O) groups is 3. The van der Waals surface area contributed by atoms with Gasteiger partial charge in [0.1, 0.15) is 5.76 Å². The summed E-state index contributed by atoms with van der Waals surface area (Å²) in [5, 5.41) is -0.650. The SMILES string of the molecule is CCOC(=O)C(C(=O)OCC)C(SCCC(=O)OC)c1ccco1. The van der Waals surface area contributed by atoms with Crippen LogP contribution in [0.15, 0.2) is 22.8 Å². The summed E-state index contributed by atoms with van der Waals surface area (Å²) in [6, 6.07) is 3.33. The maximum absolute atomic E-state index is 12.3. The Bertz CT molecular complexity index is 509. The predicted molar refractivity (Wildman–Crippen MR) is 87.3 cm³/mol. The molecule has 1 aromatic rings. The van der Waals surface area contributed by atoms with Gasteiger partial charge in [-0.3, -0.25) is 14.4 Å². The Morgan fingerprint density at radius 1 is 1.17 bits per heavy atom. The molecule has 1 rings (SSSR count). The number of carbonyl (C=O) groups excluding carboxylic acids is 3. The first kappa shape index (κ1) is 20.1. The summed E-state index contributed by atoms with van der Waals surface area (Å²) >= 11 is 1.24. The molecule has 7 nitrogen and oxygen atoms in total. The van der Waals surface area contributed by atoms with Gasteiger partial charge in [0.15, 0.2) is 5.92 Å². The van der Waals surface area contributed by atoms with Crippen molar-refractivity contribution in [3.8, 4) is 0 Å². The Morgan fingerprint density at radius 3 is 2.25 bits per heavy atom. The molecule has 1 heterocycles. The van der Waals surface area contributed by atoms with E-state index in [0.717, 1.165) is 0 Å². The number of furan rings is 1. The van der Waals surface area contributed by atoms with Gasteiger partial charge in [-0.1, -0.05) is 0 Å². The first-order chi connectivity index (χ1) is 11.5. The molecular weight excluding hydrogens is 336 g/mol. The molecular formula is C16H22O7S. The van der Waals surface area contributed by atoms with Crippen LogP contribution in [0, 0.1) is 5.92 Å². The second-order valence-electron chi connectivity index (χ2n) is 4.61. The van der Waals surface area contributed by atoms with Crippen LogP contribution in [0.5, 0.6) is 0 Å². The number of rotatable bonds is 10. The third kappa shape index (κ3) is 5.92. The van der Waals surface area contributed by atoms with Gasteiger partial charge in [-0.15, -0.1) is 11.8 Å². The van der Waals surface area contributed by atoms with E-state index in [0.29, 0.717) is 11.5 Å². The molecule has 0 radical (unpaired) electrons. The van der Waals surface area contributed by atoms with E-state index in [1.165, 1.54) is 25.1 Å². The molecule has 134 valence electrons. The van der Waals surface area contributed by atoms with E-state index in [1.54, 1.807) is 26.0 Å². The molecule has 0 bridgehead atoms. The summed E-state index contributed by atoms with van der Waals surface area (Å²) in [6.07, 6.45) is 1.60. The van der Waals surface area contributed by atoms with E-state index in [9.17, 15) is 14.4 Å². The molecule has 0 saturated heterocycles. The van der Waals surface area contributed by atoms with Crippen molar-refractivity contribution in [2.45, 2.75) is 25.5 Å². The van der Waals surface area contributed by atoms with Crippen LogP contribution in [-0.2, 0) is 28.6 Å². The molecule has 1 atom stereocenters. The van der Waals surface area contributed by atoms with Crippen molar-refractivity contribution in [1.82, 2.24) is 0 Å². The quantitative estimate of drug-likeness (QED) is 0.357. The zero-order valence-electron chi connectivity index (χ0n) is 14.0. The highest BCUT2D eigenvalue weighted by atomic mass is 32.2. The lowest BCUT2D eigenvalue weighted by Gasteiger charge is -2.22. The number of hydrogen-bond acceptors (Lipinski definition) is 8. The zero-order chi connectivity index (χ0) is 17.9. The molecule has 0 spiro atoms. The van der Waals surface area contributed by atoms with Crippen LogP contribution < -0.4 is 0 Å². The molecule has 24 heavy (non-hydrogen) atoms. The highest BCUT2D eigenvalue weighted by molar-refractivity contribution is 7.99. The van der Waals surface area contributed by atoms with Gasteiger partial charge in [0.25, 0.3) is 0 Å². The average molecular weight is 358 g/mol. The minimum absolute atomic E-state index is 0.145. The van der Waals surface area contributed by atoms with Crippen LogP contribution in [-0.4, -0.2) is 44.0 Å². The summed E-state index contributed by atoms with van der Waals surface area (Å²) in [6.45, 7) is 3.61. The second kappa shape index (κ2) is 10.7. The molecule has 8 heteroatoms. The van der Waals surface area contributed by atoms with Crippen molar-refractivity contribution in [3.05, 3.63) is 24.2 Å². The summed E-state index contributed by atoms with van der Waals surface area (Å²) in [7, 11) is 1.30. The van der Waals surface area contributed by atoms with Gasteiger partial charge >= 0.3 is 17.9 Å². The van der Waals surface area contributed by atoms with Crippen LogP contribution in [0.2, 0.25) is 0 Å². The molecule has 0 saturated carbocycles. The molecule has 0 aromatic carbocycles. The summed E-state index contributed by atoms with van der Waals surface area (Å²) in [5.74, 6) is -2.10. The molecule has 0 amide bonds. The first-order valence-electron chi connectivity index (χ1n) is 7.60. The van der Waals surface area contributed by atoms with Crippen LogP contribution in [0.25, 0.3) is 0 Å². The highest BCUT2D eigenvalue weighted by Gasteiger charge is 2.40. The van der Waals surface area contributed by atoms with Crippen LogP contribution in [0.3, 0.4) is 0 Å². The Morgan fingerprint density at radius 2 is 1.79 bits per heavy atom. The number of esters is 3. The maximum Gasteiger partial charge on any atom is 0.321 e. The van der Waals surface area contributed by atoms with E-state index in [1.807, 2.05) is 0 Å². The molecule has 0 fully saturated rings. The predicted octanol–water partition coefficient (Wildman–Crippen LogP) is 2.36. The summed E-state index contributed by atoms with van der Waals surface area (Å²) in [5.41, 5.74) is 0. The maximum atomic E-state index is 12.3. The number of ether oxygens (including phenoxy) is 3. The minimum Gasteiger partial charge on any atom is -0.469 e. The van der Waals surface area contributed by atoms with Gasteiger partial charge in [0, 0.05) is 5.75 Å². The first-order valence-corrected chi connectivity index (χ1v) is 8.65. The monoisotopic (exact) mass is 358 g/mol. The smallest absolute Gasteiger partial charge is 0.321 e. The summed E-state index contributed by atoms with van der Waals surface area (Å²) < 4.78 is 20.0. The Balaban J connectivity index is 2.99. The Kier molecular flexibility index (Phi) is 8.99. The van der Waals surface area contributed by atoms with E-state index in [-0.39, 0.29) is 25.6 Å². The lowest BCUT2D eigenvalue weighted by molar-refractivity contribution is -0.161. The van der Waals surface area contributed by atoms with Crippen LogP contribution >= 0.6 is 11.8 Å². The van der Waals surface area contributed by atoms with E-state index in [2.05, 4.69) is 4.74 Å². The van der Waals surface area contributed by atoms with E-state index in [4.69, 9.17) is 13.9 Å².